The van der Waals surface area contributed by atoms with Crippen molar-refractivity contribution in [1.82, 2.24) is 0 Å². The highest BCUT2D eigenvalue weighted by atomic mass is 35.5. The SMILES string of the molecule is O=C(Nc1ccc(F)cc1F)c1sccc1SCc1c(Cl)cccc1Cl. The van der Waals surface area contributed by atoms with Gasteiger partial charge in [0.25, 0.3) is 5.91 Å². The van der Waals surface area contributed by atoms with Gasteiger partial charge in [-0.25, -0.2) is 8.78 Å². The zero-order chi connectivity index (χ0) is 18.7. The van der Waals surface area contributed by atoms with Crippen LogP contribution in [0.4, 0.5) is 14.5 Å². The molecule has 0 bridgehead atoms. The van der Waals surface area contributed by atoms with Crippen LogP contribution in [0, 0.1) is 11.6 Å². The lowest BCUT2D eigenvalue weighted by Crippen LogP contribution is -2.12. The number of carbonyl (C=O) groups is 1. The van der Waals surface area contributed by atoms with Crippen LogP contribution in [0.15, 0.2) is 52.7 Å². The lowest BCUT2D eigenvalue weighted by Gasteiger charge is -2.09. The van der Waals surface area contributed by atoms with Crippen LogP contribution in [0.25, 0.3) is 0 Å². The van der Waals surface area contributed by atoms with Crippen molar-refractivity contribution in [2.75, 3.05) is 5.32 Å². The van der Waals surface area contributed by atoms with Crippen molar-refractivity contribution in [1.29, 1.82) is 0 Å². The molecule has 1 N–H and O–H groups in total. The summed E-state index contributed by atoms with van der Waals surface area (Å²) in [5.74, 6) is -1.50. The van der Waals surface area contributed by atoms with Crippen LogP contribution in [0.2, 0.25) is 10.0 Å². The highest BCUT2D eigenvalue weighted by Gasteiger charge is 2.17. The molecule has 26 heavy (non-hydrogen) atoms. The van der Waals surface area contributed by atoms with Crippen molar-refractivity contribution in [3.63, 3.8) is 0 Å². The van der Waals surface area contributed by atoms with E-state index in [1.54, 1.807) is 29.6 Å². The fourth-order valence-electron chi connectivity index (χ4n) is 2.17. The van der Waals surface area contributed by atoms with Crippen molar-refractivity contribution in [3.8, 4) is 0 Å². The quantitative estimate of drug-likeness (QED) is 0.447. The van der Waals surface area contributed by atoms with Crippen LogP contribution in [-0.4, -0.2) is 5.91 Å². The second-order valence-electron chi connectivity index (χ2n) is 5.18. The summed E-state index contributed by atoms with van der Waals surface area (Å²) in [6.45, 7) is 0. The Balaban J connectivity index is 1.74. The molecule has 0 aliphatic heterocycles. The number of amides is 1. The zero-order valence-corrected chi connectivity index (χ0v) is 16.2. The molecule has 3 aromatic rings. The topological polar surface area (TPSA) is 29.1 Å². The Kier molecular flexibility index (Phi) is 6.19. The molecule has 8 heteroatoms. The summed E-state index contributed by atoms with van der Waals surface area (Å²) in [4.78, 5) is 13.6. The number of anilines is 1. The number of hydrogen-bond donors (Lipinski definition) is 1. The van der Waals surface area contributed by atoms with Gasteiger partial charge >= 0.3 is 0 Å². The highest BCUT2D eigenvalue weighted by Crippen LogP contribution is 2.35. The molecule has 0 radical (unpaired) electrons. The van der Waals surface area contributed by atoms with E-state index in [1.165, 1.54) is 29.2 Å². The predicted octanol–water partition coefficient (Wildman–Crippen LogP) is 6.88. The van der Waals surface area contributed by atoms with Gasteiger partial charge < -0.3 is 5.32 Å². The maximum atomic E-state index is 13.7. The number of rotatable bonds is 5. The third-order valence-electron chi connectivity index (χ3n) is 3.45. The Morgan fingerprint density at radius 2 is 1.85 bits per heavy atom. The van der Waals surface area contributed by atoms with Gasteiger partial charge in [-0.05, 0) is 41.3 Å². The number of halogens is 4. The molecule has 1 aromatic heterocycles. The lowest BCUT2D eigenvalue weighted by atomic mass is 10.2. The van der Waals surface area contributed by atoms with Gasteiger partial charge in [-0.1, -0.05) is 29.3 Å². The minimum Gasteiger partial charge on any atom is -0.319 e. The molecule has 3 rings (SSSR count). The van der Waals surface area contributed by atoms with E-state index in [0.29, 0.717) is 20.7 Å². The van der Waals surface area contributed by atoms with E-state index < -0.39 is 17.5 Å². The predicted molar refractivity (Wildman–Crippen MR) is 105 cm³/mol. The van der Waals surface area contributed by atoms with E-state index in [9.17, 15) is 13.6 Å². The van der Waals surface area contributed by atoms with Gasteiger partial charge in [0.2, 0.25) is 0 Å². The van der Waals surface area contributed by atoms with E-state index in [2.05, 4.69) is 5.32 Å². The standard InChI is InChI=1S/C18H11Cl2F2NOS2/c19-12-2-1-3-13(20)11(12)9-26-16-6-7-25-17(16)18(24)23-15-5-4-10(21)8-14(15)22/h1-8H,9H2,(H,23,24). The largest absolute Gasteiger partial charge is 0.319 e. The monoisotopic (exact) mass is 429 g/mol. The van der Waals surface area contributed by atoms with Crippen LogP contribution in [0.5, 0.6) is 0 Å². The number of thioether (sulfide) groups is 1. The van der Waals surface area contributed by atoms with Gasteiger partial charge in [0, 0.05) is 26.8 Å². The van der Waals surface area contributed by atoms with Crippen molar-refractivity contribution >= 4 is 57.9 Å². The molecular formula is C18H11Cl2F2NOS2. The van der Waals surface area contributed by atoms with Crippen molar-refractivity contribution < 1.29 is 13.6 Å². The molecule has 2 nitrogen and oxygen atoms in total. The number of benzene rings is 2. The zero-order valence-electron chi connectivity index (χ0n) is 13.1. The van der Waals surface area contributed by atoms with E-state index in [-0.39, 0.29) is 5.69 Å². The smallest absolute Gasteiger partial charge is 0.266 e. The highest BCUT2D eigenvalue weighted by molar-refractivity contribution is 7.98. The Hall–Kier alpha value is -1.60. The van der Waals surface area contributed by atoms with Gasteiger partial charge in [0.1, 0.15) is 16.5 Å². The van der Waals surface area contributed by atoms with Crippen molar-refractivity contribution in [2.24, 2.45) is 0 Å². The van der Waals surface area contributed by atoms with E-state index >= 15 is 0 Å². The molecule has 134 valence electrons. The number of thiophene rings is 1. The maximum absolute atomic E-state index is 13.7. The van der Waals surface area contributed by atoms with Gasteiger partial charge in [-0.3, -0.25) is 4.79 Å². The average Bonchev–Trinajstić information content (AvgIpc) is 3.05. The summed E-state index contributed by atoms with van der Waals surface area (Å²) < 4.78 is 26.7. The molecule has 1 amide bonds. The van der Waals surface area contributed by atoms with Gasteiger partial charge in [-0.2, -0.15) is 0 Å². The van der Waals surface area contributed by atoms with E-state index in [0.717, 1.165) is 22.6 Å². The molecular weight excluding hydrogens is 419 g/mol. The third-order valence-corrected chi connectivity index (χ3v) is 6.28. The summed E-state index contributed by atoms with van der Waals surface area (Å²) in [5, 5.41) is 5.35. The Morgan fingerprint density at radius 3 is 2.54 bits per heavy atom. The Morgan fingerprint density at radius 1 is 1.12 bits per heavy atom. The second-order valence-corrected chi connectivity index (χ2v) is 7.93. The normalized spacial score (nSPS) is 10.8. The Labute approximate surface area is 167 Å². The molecule has 0 atom stereocenters. The van der Waals surface area contributed by atoms with Crippen LogP contribution < -0.4 is 5.32 Å². The van der Waals surface area contributed by atoms with Crippen LogP contribution in [0.1, 0.15) is 15.2 Å². The third kappa shape index (κ3) is 4.38. The Bertz CT molecular complexity index is 942. The van der Waals surface area contributed by atoms with Crippen LogP contribution >= 0.6 is 46.3 Å². The van der Waals surface area contributed by atoms with Crippen molar-refractivity contribution in [3.05, 3.63) is 80.0 Å². The number of nitrogens with one attached hydrogen (secondary N) is 1. The van der Waals surface area contributed by atoms with Crippen LogP contribution in [-0.2, 0) is 5.75 Å². The first-order valence-electron chi connectivity index (χ1n) is 7.35. The fourth-order valence-corrected chi connectivity index (χ4v) is 4.94. The van der Waals surface area contributed by atoms with Gasteiger partial charge in [-0.15, -0.1) is 23.1 Å². The molecule has 2 aromatic carbocycles. The molecule has 0 aliphatic rings. The molecule has 1 heterocycles. The molecule has 0 saturated carbocycles. The first-order chi connectivity index (χ1) is 12.5. The van der Waals surface area contributed by atoms with Gasteiger partial charge in [0.15, 0.2) is 0 Å². The molecule has 0 spiro atoms. The first kappa shape index (κ1) is 19.2. The molecule has 0 aliphatic carbocycles. The minimum absolute atomic E-state index is 0.0742. The average molecular weight is 430 g/mol. The number of carbonyl (C=O) groups excluding carboxylic acids is 1. The molecule has 0 saturated heterocycles. The first-order valence-corrected chi connectivity index (χ1v) is 9.97. The van der Waals surface area contributed by atoms with Gasteiger partial charge in [0.05, 0.1) is 5.69 Å². The molecule has 0 unspecified atom stereocenters. The van der Waals surface area contributed by atoms with E-state index in [1.807, 2.05) is 0 Å². The minimum atomic E-state index is -0.827. The summed E-state index contributed by atoms with van der Waals surface area (Å²) in [6, 6.07) is 10.1. The summed E-state index contributed by atoms with van der Waals surface area (Å²) in [5.41, 5.74) is 0.706. The van der Waals surface area contributed by atoms with E-state index in [4.69, 9.17) is 23.2 Å². The summed E-state index contributed by atoms with van der Waals surface area (Å²) >= 11 is 15.0. The van der Waals surface area contributed by atoms with Crippen LogP contribution in [0.3, 0.4) is 0 Å². The second kappa shape index (κ2) is 8.39. The summed E-state index contributed by atoms with van der Waals surface area (Å²) in [6.07, 6.45) is 0. The van der Waals surface area contributed by atoms with Crippen molar-refractivity contribution in [2.45, 2.75) is 10.6 Å². The molecule has 0 fully saturated rings. The lowest BCUT2D eigenvalue weighted by molar-refractivity contribution is 0.102. The number of hydrogen-bond acceptors (Lipinski definition) is 3. The maximum Gasteiger partial charge on any atom is 0.266 e. The summed E-state index contributed by atoms with van der Waals surface area (Å²) in [7, 11) is 0. The fraction of sp³-hybridized carbons (Fsp3) is 0.0556.